The maximum atomic E-state index is 13.3. The number of benzene rings is 2. The number of hydrogen-bond acceptors (Lipinski definition) is 5. The average molecular weight is 410 g/mol. The van der Waals surface area contributed by atoms with Crippen LogP contribution >= 0.6 is 23.1 Å². The van der Waals surface area contributed by atoms with Gasteiger partial charge in [-0.15, -0.1) is 11.3 Å². The fourth-order valence-corrected chi connectivity index (χ4v) is 4.46. The fraction of sp³-hybridized carbons (Fsp3) is 0.0952. The zero-order valence-electron chi connectivity index (χ0n) is 14.7. The molecule has 0 aliphatic rings. The van der Waals surface area contributed by atoms with E-state index in [4.69, 9.17) is 0 Å². The van der Waals surface area contributed by atoms with E-state index in [0.29, 0.717) is 0 Å². The summed E-state index contributed by atoms with van der Waals surface area (Å²) >= 11 is 2.93. The van der Waals surface area contributed by atoms with Crippen LogP contribution < -0.4 is 5.32 Å². The lowest BCUT2D eigenvalue weighted by Crippen LogP contribution is -2.30. The van der Waals surface area contributed by atoms with E-state index in [1.54, 1.807) is 23.5 Å². The molecule has 140 valence electrons. The number of halogens is 1. The molecule has 7 heteroatoms. The van der Waals surface area contributed by atoms with Gasteiger partial charge in [-0.05, 0) is 35.2 Å². The van der Waals surface area contributed by atoms with Crippen LogP contribution in [0.2, 0.25) is 0 Å². The molecule has 2 aromatic carbocycles. The molecule has 0 saturated heterocycles. The number of aromatic nitrogens is 2. The molecule has 0 spiro atoms. The third-order valence-corrected chi connectivity index (χ3v) is 6.13. The second-order valence-corrected chi connectivity index (χ2v) is 8.00. The first-order valence-electron chi connectivity index (χ1n) is 8.61. The lowest BCUT2D eigenvalue weighted by Gasteiger charge is -2.18. The van der Waals surface area contributed by atoms with Gasteiger partial charge >= 0.3 is 0 Å². The second kappa shape index (κ2) is 8.50. The van der Waals surface area contributed by atoms with Crippen molar-refractivity contribution in [3.05, 3.63) is 88.6 Å². The minimum atomic E-state index is -0.309. The second-order valence-electron chi connectivity index (χ2n) is 6.05. The molecular weight excluding hydrogens is 393 g/mol. The van der Waals surface area contributed by atoms with Crippen molar-refractivity contribution in [3.63, 3.8) is 0 Å². The van der Waals surface area contributed by atoms with E-state index >= 15 is 0 Å². The van der Waals surface area contributed by atoms with Crippen molar-refractivity contribution in [3.8, 4) is 0 Å². The smallest absolute Gasteiger partial charge is 0.231 e. The monoisotopic (exact) mass is 409 g/mol. The van der Waals surface area contributed by atoms with Gasteiger partial charge in [-0.1, -0.05) is 48.2 Å². The Bertz CT molecular complexity index is 1080. The number of hydrogen-bond donors (Lipinski definition) is 1. The molecule has 4 rings (SSSR count). The molecule has 4 nitrogen and oxygen atoms in total. The third-order valence-electron chi connectivity index (χ3n) is 4.18. The molecule has 4 aromatic rings. The Balaban J connectivity index is 1.49. The summed E-state index contributed by atoms with van der Waals surface area (Å²) < 4.78 is 13.3. The third kappa shape index (κ3) is 4.21. The number of thioether (sulfide) groups is 1. The van der Waals surface area contributed by atoms with Gasteiger partial charge in [-0.2, -0.15) is 0 Å². The molecule has 0 saturated carbocycles. The van der Waals surface area contributed by atoms with Crippen molar-refractivity contribution in [2.24, 2.45) is 0 Å². The van der Waals surface area contributed by atoms with Gasteiger partial charge in [0.05, 0.1) is 17.3 Å². The molecule has 1 N–H and O–H groups in total. The number of nitrogens with one attached hydrogen (secondary N) is 1. The summed E-state index contributed by atoms with van der Waals surface area (Å²) in [5, 5.41) is 6.72. The maximum Gasteiger partial charge on any atom is 0.231 e. The van der Waals surface area contributed by atoms with Gasteiger partial charge in [0.1, 0.15) is 17.2 Å². The summed E-state index contributed by atoms with van der Waals surface area (Å²) in [6, 6.07) is 17.5. The van der Waals surface area contributed by atoms with Crippen LogP contribution in [0.3, 0.4) is 0 Å². The molecular formula is C21H16FN3OS2. The van der Waals surface area contributed by atoms with E-state index < -0.39 is 0 Å². The number of carbonyl (C=O) groups is 1. The molecule has 2 aromatic heterocycles. The van der Waals surface area contributed by atoms with E-state index in [1.807, 2.05) is 41.8 Å². The quantitative estimate of drug-likeness (QED) is 0.366. The molecule has 28 heavy (non-hydrogen) atoms. The zero-order valence-corrected chi connectivity index (χ0v) is 16.3. The van der Waals surface area contributed by atoms with Crippen molar-refractivity contribution >= 4 is 39.9 Å². The van der Waals surface area contributed by atoms with E-state index in [2.05, 4.69) is 15.3 Å². The Kier molecular flexibility index (Phi) is 5.64. The summed E-state index contributed by atoms with van der Waals surface area (Å²) in [4.78, 5) is 22.2. The van der Waals surface area contributed by atoms with Crippen LogP contribution in [0.1, 0.15) is 16.5 Å². The summed E-state index contributed by atoms with van der Waals surface area (Å²) in [6.07, 6.45) is 1.51. The molecule has 0 radical (unpaired) electrons. The molecule has 0 aliphatic carbocycles. The van der Waals surface area contributed by atoms with Gasteiger partial charge < -0.3 is 5.32 Å². The van der Waals surface area contributed by atoms with Crippen molar-refractivity contribution < 1.29 is 9.18 Å². The Morgan fingerprint density at radius 3 is 2.68 bits per heavy atom. The fourth-order valence-electron chi connectivity index (χ4n) is 2.86. The number of amides is 1. The van der Waals surface area contributed by atoms with Gasteiger partial charge in [0.2, 0.25) is 5.91 Å². The Hall–Kier alpha value is -2.77. The average Bonchev–Trinajstić information content (AvgIpc) is 3.26. The van der Waals surface area contributed by atoms with Crippen LogP contribution in [-0.4, -0.2) is 21.6 Å². The van der Waals surface area contributed by atoms with Gasteiger partial charge in [-0.3, -0.25) is 4.79 Å². The predicted molar refractivity (Wildman–Crippen MR) is 111 cm³/mol. The zero-order chi connectivity index (χ0) is 19.3. The summed E-state index contributed by atoms with van der Waals surface area (Å²) in [6.45, 7) is 0. The number of rotatable bonds is 6. The van der Waals surface area contributed by atoms with E-state index in [9.17, 15) is 9.18 Å². The Morgan fingerprint density at radius 2 is 1.89 bits per heavy atom. The van der Waals surface area contributed by atoms with Gasteiger partial charge in [-0.25, -0.2) is 14.4 Å². The molecule has 2 heterocycles. The van der Waals surface area contributed by atoms with Crippen molar-refractivity contribution in [1.29, 1.82) is 0 Å². The first kappa shape index (κ1) is 18.6. The van der Waals surface area contributed by atoms with Crippen LogP contribution in [0.5, 0.6) is 0 Å². The van der Waals surface area contributed by atoms with Crippen molar-refractivity contribution in [2.45, 2.75) is 11.1 Å². The molecule has 1 amide bonds. The Morgan fingerprint density at radius 1 is 1.07 bits per heavy atom. The first-order valence-corrected chi connectivity index (χ1v) is 10.5. The van der Waals surface area contributed by atoms with E-state index in [0.717, 1.165) is 26.4 Å². The lowest BCUT2D eigenvalue weighted by molar-refractivity contribution is -0.119. The van der Waals surface area contributed by atoms with Crippen LogP contribution in [0, 0.1) is 5.82 Å². The minimum Gasteiger partial charge on any atom is -0.344 e. The van der Waals surface area contributed by atoms with E-state index in [1.165, 1.54) is 30.2 Å². The topological polar surface area (TPSA) is 54.9 Å². The molecule has 0 aliphatic heterocycles. The van der Waals surface area contributed by atoms with Gasteiger partial charge in [0.25, 0.3) is 0 Å². The van der Waals surface area contributed by atoms with Crippen molar-refractivity contribution in [2.75, 3.05) is 5.75 Å². The van der Waals surface area contributed by atoms with Crippen LogP contribution in [0.4, 0.5) is 4.39 Å². The summed E-state index contributed by atoms with van der Waals surface area (Å²) in [5.74, 6) is -0.189. The van der Waals surface area contributed by atoms with Crippen LogP contribution in [0.15, 0.2) is 77.4 Å². The number of thiophene rings is 1. The number of para-hydroxylation sites is 1. The maximum absolute atomic E-state index is 13.3. The minimum absolute atomic E-state index is 0.115. The highest BCUT2D eigenvalue weighted by atomic mass is 32.2. The predicted octanol–water partition coefficient (Wildman–Crippen LogP) is 4.83. The highest BCUT2D eigenvalue weighted by Gasteiger charge is 2.18. The SMILES string of the molecule is O=C(CSc1ncnc2ccccc12)N[C@H](c1ccc(F)cc1)c1cccs1. The molecule has 0 bridgehead atoms. The highest BCUT2D eigenvalue weighted by molar-refractivity contribution is 8.00. The number of nitrogens with zero attached hydrogens (tertiary/aromatic N) is 2. The summed E-state index contributed by atoms with van der Waals surface area (Å²) in [7, 11) is 0. The molecule has 0 fully saturated rings. The van der Waals surface area contributed by atoms with E-state index in [-0.39, 0.29) is 23.5 Å². The molecule has 1 atom stereocenters. The summed E-state index contributed by atoms with van der Waals surface area (Å²) in [5.41, 5.74) is 1.69. The standard InChI is InChI=1S/C21H16FN3OS2/c22-15-9-7-14(8-10-15)20(18-6-3-11-27-18)25-19(26)12-28-21-16-4-1-2-5-17(16)23-13-24-21/h1-11,13,20H,12H2,(H,25,26)/t20-/m1/s1. The Labute approximate surface area is 169 Å². The normalized spacial score (nSPS) is 12.0. The van der Waals surface area contributed by atoms with Crippen molar-refractivity contribution in [1.82, 2.24) is 15.3 Å². The molecule has 0 unspecified atom stereocenters. The van der Waals surface area contributed by atoms with Gasteiger partial charge in [0, 0.05) is 10.3 Å². The number of carbonyl (C=O) groups excluding carboxylic acids is 1. The highest BCUT2D eigenvalue weighted by Crippen LogP contribution is 2.28. The van der Waals surface area contributed by atoms with Gasteiger partial charge in [0.15, 0.2) is 0 Å². The van der Waals surface area contributed by atoms with Crippen LogP contribution in [-0.2, 0) is 4.79 Å². The number of fused-ring (bicyclic) bond motifs is 1. The lowest BCUT2D eigenvalue weighted by atomic mass is 10.1. The first-order chi connectivity index (χ1) is 13.7. The largest absolute Gasteiger partial charge is 0.344 e. The van der Waals surface area contributed by atoms with Crippen LogP contribution in [0.25, 0.3) is 10.9 Å².